The Morgan fingerprint density at radius 1 is 1.29 bits per heavy atom. The number of rotatable bonds is 2. The summed E-state index contributed by atoms with van der Waals surface area (Å²) in [6.45, 7) is 0. The van der Waals surface area contributed by atoms with Crippen LogP contribution in [0.3, 0.4) is 0 Å². The smallest absolute Gasteiger partial charge is 0.273 e. The topological polar surface area (TPSA) is 80.6 Å². The lowest BCUT2D eigenvalue weighted by Gasteiger charge is -2.02. The molecule has 0 aliphatic carbocycles. The van der Waals surface area contributed by atoms with Crippen LogP contribution in [-0.2, 0) is 4.79 Å². The predicted octanol–water partition coefficient (Wildman–Crippen LogP) is 1.15. The second-order valence-corrected chi connectivity index (χ2v) is 4.76. The van der Waals surface area contributed by atoms with Gasteiger partial charge in [0, 0.05) is 0 Å². The van der Waals surface area contributed by atoms with E-state index >= 15 is 0 Å². The summed E-state index contributed by atoms with van der Waals surface area (Å²) >= 11 is 4.83. The molecule has 1 aromatic carbocycles. The minimum Gasteiger partial charge on any atom is -0.497 e. The number of hydrogen-bond acceptors (Lipinski definition) is 5. The Kier molecular flexibility index (Phi) is 3.19. The van der Waals surface area contributed by atoms with Crippen LogP contribution in [0.5, 0.6) is 5.75 Å². The van der Waals surface area contributed by atoms with Crippen molar-refractivity contribution < 1.29 is 13.9 Å². The van der Waals surface area contributed by atoms with Crippen LogP contribution in [0, 0.1) is 0 Å². The van der Waals surface area contributed by atoms with Crippen molar-refractivity contribution >= 4 is 40.3 Å². The molecule has 1 aliphatic heterocycles. The molecule has 0 radical (unpaired) electrons. The van der Waals surface area contributed by atoms with Gasteiger partial charge in [-0.3, -0.25) is 14.9 Å². The number of carbonyl (C=O) groups is 1. The molecule has 1 aliphatic rings. The number of methoxy groups -OCH3 is 1. The van der Waals surface area contributed by atoms with Crippen LogP contribution in [0.2, 0.25) is 0 Å². The summed E-state index contributed by atoms with van der Waals surface area (Å²) in [5.74, 6) is 0.169. The van der Waals surface area contributed by atoms with E-state index in [0.29, 0.717) is 16.7 Å². The average Bonchev–Trinajstić information content (AvgIpc) is 2.79. The molecular weight excluding hydrogens is 292 g/mol. The van der Waals surface area contributed by atoms with Gasteiger partial charge in [0.25, 0.3) is 5.91 Å². The molecule has 7 heteroatoms. The highest BCUT2D eigenvalue weighted by Gasteiger charge is 2.20. The van der Waals surface area contributed by atoms with Gasteiger partial charge in [0.05, 0.1) is 18.1 Å². The number of thiocarbonyl (C=S) groups is 1. The van der Waals surface area contributed by atoms with Crippen molar-refractivity contribution in [1.29, 1.82) is 0 Å². The van der Waals surface area contributed by atoms with E-state index in [-0.39, 0.29) is 27.7 Å². The van der Waals surface area contributed by atoms with E-state index in [0.717, 1.165) is 0 Å². The van der Waals surface area contributed by atoms with Gasteiger partial charge in [-0.2, -0.15) is 0 Å². The van der Waals surface area contributed by atoms with Crippen molar-refractivity contribution in [2.24, 2.45) is 0 Å². The molecule has 0 atom stereocenters. The fraction of sp³-hybridized carbons (Fsp3) is 0.0714. The third-order valence-electron chi connectivity index (χ3n) is 3.03. The highest BCUT2D eigenvalue weighted by molar-refractivity contribution is 7.80. The van der Waals surface area contributed by atoms with Crippen LogP contribution in [0.15, 0.2) is 39.4 Å². The normalized spacial score (nSPS) is 16.1. The van der Waals surface area contributed by atoms with E-state index < -0.39 is 0 Å². The van der Waals surface area contributed by atoms with E-state index in [9.17, 15) is 9.59 Å². The Morgan fingerprint density at radius 3 is 2.76 bits per heavy atom. The second-order valence-electron chi connectivity index (χ2n) is 4.35. The zero-order valence-electron chi connectivity index (χ0n) is 10.9. The summed E-state index contributed by atoms with van der Waals surface area (Å²) in [6.07, 6.45) is 2.71. The second kappa shape index (κ2) is 5.02. The highest BCUT2D eigenvalue weighted by Crippen LogP contribution is 2.19. The third kappa shape index (κ3) is 2.38. The zero-order chi connectivity index (χ0) is 15.0. The van der Waals surface area contributed by atoms with E-state index in [4.69, 9.17) is 21.4 Å². The molecule has 0 saturated carbocycles. The molecule has 21 heavy (non-hydrogen) atoms. The summed E-state index contributed by atoms with van der Waals surface area (Å²) in [4.78, 5) is 24.0. The number of amides is 1. The van der Waals surface area contributed by atoms with Crippen LogP contribution < -0.4 is 20.8 Å². The largest absolute Gasteiger partial charge is 0.497 e. The Bertz CT molecular complexity index is 854. The van der Waals surface area contributed by atoms with E-state index in [1.807, 2.05) is 0 Å². The quantitative estimate of drug-likeness (QED) is 0.640. The maximum atomic E-state index is 12.4. The van der Waals surface area contributed by atoms with Crippen LogP contribution in [0.25, 0.3) is 17.0 Å². The number of nitrogens with one attached hydrogen (secondary N) is 2. The molecule has 2 heterocycles. The maximum absolute atomic E-state index is 12.4. The van der Waals surface area contributed by atoms with E-state index in [1.165, 1.54) is 19.4 Å². The fourth-order valence-electron chi connectivity index (χ4n) is 1.99. The molecule has 1 aromatic heterocycles. The molecule has 1 saturated heterocycles. The Hall–Kier alpha value is -2.67. The first-order valence-corrected chi connectivity index (χ1v) is 6.43. The number of benzene rings is 1. The Morgan fingerprint density at radius 2 is 2.10 bits per heavy atom. The van der Waals surface area contributed by atoms with Gasteiger partial charge in [0.1, 0.15) is 23.3 Å². The van der Waals surface area contributed by atoms with Crippen molar-refractivity contribution in [3.63, 3.8) is 0 Å². The SMILES string of the molecule is COc1ccc2occ(C=C3NC(=S)NC3=O)c(=O)c2c1. The molecular formula is C14H10N2O4S. The number of hydrogen-bond donors (Lipinski definition) is 2. The first-order chi connectivity index (χ1) is 10.1. The van der Waals surface area contributed by atoms with Crippen molar-refractivity contribution in [3.8, 4) is 5.75 Å². The first kappa shape index (κ1) is 13.3. The van der Waals surface area contributed by atoms with Gasteiger partial charge < -0.3 is 14.5 Å². The van der Waals surface area contributed by atoms with Crippen LogP contribution in [0.4, 0.5) is 0 Å². The average molecular weight is 302 g/mol. The van der Waals surface area contributed by atoms with E-state index in [1.54, 1.807) is 18.2 Å². The first-order valence-electron chi connectivity index (χ1n) is 6.02. The van der Waals surface area contributed by atoms with Gasteiger partial charge in [-0.1, -0.05) is 0 Å². The van der Waals surface area contributed by atoms with Gasteiger partial charge in [-0.05, 0) is 36.5 Å². The van der Waals surface area contributed by atoms with Gasteiger partial charge >= 0.3 is 0 Å². The summed E-state index contributed by atoms with van der Waals surface area (Å²) in [5, 5.41) is 5.68. The minimum absolute atomic E-state index is 0.203. The molecule has 2 aromatic rings. The van der Waals surface area contributed by atoms with Gasteiger partial charge in [-0.25, -0.2) is 0 Å². The number of fused-ring (bicyclic) bond motifs is 1. The number of carbonyl (C=O) groups excluding carboxylic acids is 1. The molecule has 6 nitrogen and oxygen atoms in total. The van der Waals surface area contributed by atoms with Crippen LogP contribution in [0.1, 0.15) is 5.56 Å². The molecule has 0 bridgehead atoms. The van der Waals surface area contributed by atoms with Crippen LogP contribution in [-0.4, -0.2) is 18.1 Å². The molecule has 1 fully saturated rings. The monoisotopic (exact) mass is 302 g/mol. The summed E-state index contributed by atoms with van der Waals surface area (Å²) < 4.78 is 10.5. The van der Waals surface area contributed by atoms with Crippen molar-refractivity contribution in [2.45, 2.75) is 0 Å². The summed E-state index contributed by atoms with van der Waals surface area (Å²) in [7, 11) is 1.52. The highest BCUT2D eigenvalue weighted by atomic mass is 32.1. The van der Waals surface area contributed by atoms with Gasteiger partial charge in [0.15, 0.2) is 10.5 Å². The lowest BCUT2D eigenvalue weighted by atomic mass is 10.1. The fourth-order valence-corrected chi connectivity index (χ4v) is 2.19. The standard InChI is InChI=1S/C14H10N2O4S/c1-19-8-2-3-11-9(5-8)12(17)7(6-20-11)4-10-13(18)16-14(21)15-10/h2-6H,1H3,(H2,15,16,18,21). The molecule has 0 unspecified atom stereocenters. The zero-order valence-corrected chi connectivity index (χ0v) is 11.7. The molecule has 106 valence electrons. The van der Waals surface area contributed by atoms with Crippen molar-refractivity contribution in [2.75, 3.05) is 7.11 Å². The molecule has 0 spiro atoms. The molecule has 1 amide bonds. The summed E-state index contributed by atoms with van der Waals surface area (Å²) in [5.41, 5.74) is 0.644. The minimum atomic E-state index is -0.384. The predicted molar refractivity (Wildman–Crippen MR) is 80.9 cm³/mol. The van der Waals surface area contributed by atoms with Crippen LogP contribution >= 0.6 is 12.2 Å². The van der Waals surface area contributed by atoms with Crippen molar-refractivity contribution in [3.05, 3.63) is 45.9 Å². The molecule has 2 N–H and O–H groups in total. The van der Waals surface area contributed by atoms with Crippen molar-refractivity contribution in [1.82, 2.24) is 10.6 Å². The van der Waals surface area contributed by atoms with Gasteiger partial charge in [0.2, 0.25) is 0 Å². The molecule has 3 rings (SSSR count). The Labute approximate surface area is 124 Å². The number of ether oxygens (including phenoxy) is 1. The summed E-state index contributed by atoms with van der Waals surface area (Å²) in [6, 6.07) is 4.95. The van der Waals surface area contributed by atoms with Gasteiger partial charge in [-0.15, -0.1) is 0 Å². The maximum Gasteiger partial charge on any atom is 0.273 e. The Balaban J connectivity index is 2.14. The lowest BCUT2D eigenvalue weighted by molar-refractivity contribution is -0.115. The van der Waals surface area contributed by atoms with E-state index in [2.05, 4.69) is 10.6 Å². The lowest BCUT2D eigenvalue weighted by Crippen LogP contribution is -2.21. The third-order valence-corrected chi connectivity index (χ3v) is 3.23.